The van der Waals surface area contributed by atoms with Crippen molar-refractivity contribution in [1.29, 1.82) is 0 Å². The molecule has 0 spiro atoms. The van der Waals surface area contributed by atoms with E-state index in [4.69, 9.17) is 14.2 Å². The smallest absolute Gasteiger partial charge is 0.165 e. The van der Waals surface area contributed by atoms with Crippen LogP contribution in [0.2, 0.25) is 0 Å². The molecule has 1 aliphatic heterocycles. The van der Waals surface area contributed by atoms with Gasteiger partial charge in [-0.25, -0.2) is 0 Å². The van der Waals surface area contributed by atoms with Crippen LogP contribution in [0.1, 0.15) is 19.4 Å². The molecule has 2 rings (SSSR count). The summed E-state index contributed by atoms with van der Waals surface area (Å²) in [6.07, 6.45) is 0. The molecular weight excluding hydrogens is 242 g/mol. The zero-order chi connectivity index (χ0) is 13.7. The predicted octanol–water partition coefficient (Wildman–Crippen LogP) is 2.22. The Kier molecular flexibility index (Phi) is 5.05. The molecule has 1 aromatic rings. The number of para-hydroxylation sites is 1. The molecule has 0 saturated carbocycles. The minimum absolute atomic E-state index is 0.338. The van der Waals surface area contributed by atoms with E-state index >= 15 is 0 Å². The summed E-state index contributed by atoms with van der Waals surface area (Å²) in [7, 11) is 1.73. The fourth-order valence-electron chi connectivity index (χ4n) is 2.18. The third-order valence-electron chi connectivity index (χ3n) is 3.35. The van der Waals surface area contributed by atoms with E-state index in [-0.39, 0.29) is 0 Å². The molecule has 1 unspecified atom stereocenters. The van der Waals surface area contributed by atoms with Crippen LogP contribution in [-0.4, -0.2) is 33.0 Å². The molecule has 0 saturated heterocycles. The summed E-state index contributed by atoms with van der Waals surface area (Å²) in [5.74, 6) is 2.25. The first-order chi connectivity index (χ1) is 9.22. The van der Waals surface area contributed by atoms with Crippen molar-refractivity contribution in [2.45, 2.75) is 26.4 Å². The van der Waals surface area contributed by atoms with Crippen LogP contribution in [-0.2, 0) is 11.3 Å². The van der Waals surface area contributed by atoms with Crippen LogP contribution in [0.3, 0.4) is 0 Å². The van der Waals surface area contributed by atoms with Crippen LogP contribution in [0, 0.1) is 5.92 Å². The topological polar surface area (TPSA) is 39.7 Å². The Morgan fingerprint density at radius 2 is 2.05 bits per heavy atom. The van der Waals surface area contributed by atoms with E-state index in [1.54, 1.807) is 7.11 Å². The molecule has 0 bridgehead atoms. The molecule has 1 N–H and O–H groups in total. The normalized spacial score (nSPS) is 15.6. The van der Waals surface area contributed by atoms with Crippen molar-refractivity contribution in [3.63, 3.8) is 0 Å². The number of hydrogen-bond acceptors (Lipinski definition) is 4. The second-order valence-electron chi connectivity index (χ2n) is 5.13. The highest BCUT2D eigenvalue weighted by atomic mass is 16.6. The molecular formula is C15H23NO3. The number of benzene rings is 1. The number of ether oxygens (including phenoxy) is 3. The molecule has 1 aromatic carbocycles. The lowest BCUT2D eigenvalue weighted by Crippen LogP contribution is -2.37. The lowest BCUT2D eigenvalue weighted by molar-refractivity contribution is 0.145. The Hall–Kier alpha value is -1.26. The molecule has 4 nitrogen and oxygen atoms in total. The van der Waals surface area contributed by atoms with Gasteiger partial charge in [0.2, 0.25) is 0 Å². The Morgan fingerprint density at radius 3 is 2.79 bits per heavy atom. The number of rotatable bonds is 6. The van der Waals surface area contributed by atoms with Crippen molar-refractivity contribution in [3.05, 3.63) is 23.8 Å². The van der Waals surface area contributed by atoms with E-state index in [1.165, 1.54) is 0 Å². The summed E-state index contributed by atoms with van der Waals surface area (Å²) in [6, 6.07) is 6.37. The second-order valence-corrected chi connectivity index (χ2v) is 5.13. The van der Waals surface area contributed by atoms with Crippen molar-refractivity contribution in [2.75, 3.05) is 26.9 Å². The maximum absolute atomic E-state index is 5.71. The first-order valence-electron chi connectivity index (χ1n) is 6.82. The van der Waals surface area contributed by atoms with Crippen LogP contribution < -0.4 is 14.8 Å². The lowest BCUT2D eigenvalue weighted by atomic mass is 10.0. The Bertz CT molecular complexity index is 406. The second kappa shape index (κ2) is 6.78. The molecule has 0 radical (unpaired) electrons. The van der Waals surface area contributed by atoms with Crippen LogP contribution >= 0.6 is 0 Å². The highest BCUT2D eigenvalue weighted by Crippen LogP contribution is 2.33. The molecule has 0 aliphatic carbocycles. The minimum atomic E-state index is 0.338. The van der Waals surface area contributed by atoms with Crippen molar-refractivity contribution < 1.29 is 14.2 Å². The highest BCUT2D eigenvalue weighted by molar-refractivity contribution is 5.47. The molecule has 1 atom stereocenters. The van der Waals surface area contributed by atoms with Gasteiger partial charge in [0, 0.05) is 25.3 Å². The van der Waals surface area contributed by atoms with E-state index in [2.05, 4.69) is 25.2 Å². The molecule has 1 aliphatic rings. The molecule has 0 fully saturated rings. The summed E-state index contributed by atoms with van der Waals surface area (Å²) in [4.78, 5) is 0. The first kappa shape index (κ1) is 14.2. The van der Waals surface area contributed by atoms with Gasteiger partial charge in [0.15, 0.2) is 11.5 Å². The summed E-state index contributed by atoms with van der Waals surface area (Å²) < 4.78 is 16.5. The number of hydrogen-bond donors (Lipinski definition) is 1. The zero-order valence-corrected chi connectivity index (χ0v) is 11.9. The lowest BCUT2D eigenvalue weighted by Gasteiger charge is -2.24. The Morgan fingerprint density at radius 1 is 1.26 bits per heavy atom. The third-order valence-corrected chi connectivity index (χ3v) is 3.35. The fourth-order valence-corrected chi connectivity index (χ4v) is 2.18. The molecule has 1 heterocycles. The van der Waals surface area contributed by atoms with E-state index < -0.39 is 0 Å². The van der Waals surface area contributed by atoms with Gasteiger partial charge in [0.1, 0.15) is 13.2 Å². The number of fused-ring (bicyclic) bond motifs is 1. The van der Waals surface area contributed by atoms with Gasteiger partial charge >= 0.3 is 0 Å². The fraction of sp³-hybridized carbons (Fsp3) is 0.600. The van der Waals surface area contributed by atoms with Gasteiger partial charge in [-0.3, -0.25) is 0 Å². The first-order valence-corrected chi connectivity index (χ1v) is 6.82. The van der Waals surface area contributed by atoms with Crippen LogP contribution in [0.4, 0.5) is 0 Å². The summed E-state index contributed by atoms with van der Waals surface area (Å²) in [5, 5.41) is 3.53. The zero-order valence-electron chi connectivity index (χ0n) is 11.9. The van der Waals surface area contributed by atoms with Gasteiger partial charge in [-0.05, 0) is 12.0 Å². The number of methoxy groups -OCH3 is 1. The SMILES string of the molecule is COCC(NCc1cccc2c1OCCO2)C(C)C. The van der Waals surface area contributed by atoms with E-state index in [0.29, 0.717) is 31.8 Å². The van der Waals surface area contributed by atoms with Gasteiger partial charge < -0.3 is 19.5 Å². The molecule has 19 heavy (non-hydrogen) atoms. The molecule has 106 valence electrons. The largest absolute Gasteiger partial charge is 0.486 e. The Labute approximate surface area is 115 Å². The monoisotopic (exact) mass is 265 g/mol. The van der Waals surface area contributed by atoms with Gasteiger partial charge in [-0.2, -0.15) is 0 Å². The summed E-state index contributed by atoms with van der Waals surface area (Å²) in [6.45, 7) is 7.11. The average Bonchev–Trinajstić information content (AvgIpc) is 2.43. The van der Waals surface area contributed by atoms with E-state index in [1.807, 2.05) is 12.1 Å². The number of nitrogens with one attached hydrogen (secondary N) is 1. The summed E-state index contributed by atoms with van der Waals surface area (Å²) >= 11 is 0. The van der Waals surface area contributed by atoms with Crippen molar-refractivity contribution in [3.8, 4) is 11.5 Å². The molecule has 0 aromatic heterocycles. The molecule has 0 amide bonds. The standard InChI is InChI=1S/C15H23NO3/c1-11(2)13(10-17-3)16-9-12-5-4-6-14-15(12)19-8-7-18-14/h4-6,11,13,16H,7-10H2,1-3H3. The van der Waals surface area contributed by atoms with Gasteiger partial charge in [0.05, 0.1) is 6.61 Å². The van der Waals surface area contributed by atoms with Crippen molar-refractivity contribution in [2.24, 2.45) is 5.92 Å². The average molecular weight is 265 g/mol. The van der Waals surface area contributed by atoms with E-state index in [0.717, 1.165) is 23.6 Å². The maximum Gasteiger partial charge on any atom is 0.165 e. The molecule has 4 heteroatoms. The van der Waals surface area contributed by atoms with Gasteiger partial charge in [-0.15, -0.1) is 0 Å². The van der Waals surface area contributed by atoms with Crippen LogP contribution in [0.25, 0.3) is 0 Å². The summed E-state index contributed by atoms with van der Waals surface area (Å²) in [5.41, 5.74) is 1.14. The van der Waals surface area contributed by atoms with Gasteiger partial charge in [0.25, 0.3) is 0 Å². The quantitative estimate of drug-likeness (QED) is 0.856. The minimum Gasteiger partial charge on any atom is -0.486 e. The Balaban J connectivity index is 2.02. The predicted molar refractivity (Wildman–Crippen MR) is 74.8 cm³/mol. The van der Waals surface area contributed by atoms with Crippen LogP contribution in [0.15, 0.2) is 18.2 Å². The van der Waals surface area contributed by atoms with Crippen LogP contribution in [0.5, 0.6) is 11.5 Å². The highest BCUT2D eigenvalue weighted by Gasteiger charge is 2.17. The van der Waals surface area contributed by atoms with Crippen molar-refractivity contribution in [1.82, 2.24) is 5.32 Å². The van der Waals surface area contributed by atoms with Crippen molar-refractivity contribution >= 4 is 0 Å². The van der Waals surface area contributed by atoms with Gasteiger partial charge in [-0.1, -0.05) is 26.0 Å². The van der Waals surface area contributed by atoms with E-state index in [9.17, 15) is 0 Å². The third kappa shape index (κ3) is 3.61. The maximum atomic E-state index is 5.71.